The SMILES string of the molecule is CCCNCCC(C)(C)CCc1cc(C)c(F)c(C)c1. The molecule has 1 N–H and O–H groups in total. The van der Waals surface area contributed by atoms with Crippen LogP contribution in [0.2, 0.25) is 0 Å². The summed E-state index contributed by atoms with van der Waals surface area (Å²) >= 11 is 0. The first kappa shape index (κ1) is 17.2. The molecule has 0 radical (unpaired) electrons. The van der Waals surface area contributed by atoms with Gasteiger partial charge in [0.2, 0.25) is 0 Å². The van der Waals surface area contributed by atoms with E-state index >= 15 is 0 Å². The fourth-order valence-corrected chi connectivity index (χ4v) is 2.52. The second-order valence-corrected chi connectivity index (χ2v) is 6.71. The van der Waals surface area contributed by atoms with Crippen LogP contribution in [0.25, 0.3) is 0 Å². The van der Waals surface area contributed by atoms with Gasteiger partial charge in [-0.05, 0) is 74.7 Å². The summed E-state index contributed by atoms with van der Waals surface area (Å²) in [5, 5.41) is 3.47. The van der Waals surface area contributed by atoms with Crippen LogP contribution in [-0.2, 0) is 6.42 Å². The van der Waals surface area contributed by atoms with Crippen molar-refractivity contribution >= 4 is 0 Å². The Morgan fingerprint density at radius 2 is 1.65 bits per heavy atom. The summed E-state index contributed by atoms with van der Waals surface area (Å²) in [6, 6.07) is 3.99. The Bertz CT molecular complexity index is 400. The van der Waals surface area contributed by atoms with Gasteiger partial charge in [0.05, 0.1) is 0 Å². The van der Waals surface area contributed by atoms with Crippen molar-refractivity contribution in [1.82, 2.24) is 5.32 Å². The lowest BCUT2D eigenvalue weighted by Gasteiger charge is -2.25. The zero-order valence-corrected chi connectivity index (χ0v) is 13.8. The molecule has 0 spiro atoms. The monoisotopic (exact) mass is 279 g/mol. The number of aryl methyl sites for hydroxylation is 3. The van der Waals surface area contributed by atoms with Crippen LogP contribution >= 0.6 is 0 Å². The van der Waals surface area contributed by atoms with E-state index in [2.05, 4.69) is 26.1 Å². The molecule has 1 aromatic rings. The summed E-state index contributed by atoms with van der Waals surface area (Å²) in [6.45, 7) is 12.7. The van der Waals surface area contributed by atoms with Crippen LogP contribution < -0.4 is 5.32 Å². The van der Waals surface area contributed by atoms with E-state index in [0.717, 1.165) is 37.1 Å². The van der Waals surface area contributed by atoms with Gasteiger partial charge in [0.25, 0.3) is 0 Å². The number of hydrogen-bond acceptors (Lipinski definition) is 1. The molecular weight excluding hydrogens is 249 g/mol. The lowest BCUT2D eigenvalue weighted by atomic mass is 9.83. The molecule has 0 fully saturated rings. The normalized spacial score (nSPS) is 11.9. The first-order valence-electron chi connectivity index (χ1n) is 7.82. The van der Waals surface area contributed by atoms with Gasteiger partial charge in [0.1, 0.15) is 5.82 Å². The quantitative estimate of drug-likeness (QED) is 0.675. The topological polar surface area (TPSA) is 12.0 Å². The molecule has 1 nitrogen and oxygen atoms in total. The van der Waals surface area contributed by atoms with Gasteiger partial charge < -0.3 is 5.32 Å². The van der Waals surface area contributed by atoms with Crippen molar-refractivity contribution in [3.8, 4) is 0 Å². The summed E-state index contributed by atoms with van der Waals surface area (Å²) in [4.78, 5) is 0. The third-order valence-corrected chi connectivity index (χ3v) is 3.99. The Hall–Kier alpha value is -0.890. The smallest absolute Gasteiger partial charge is 0.129 e. The maximum Gasteiger partial charge on any atom is 0.129 e. The highest BCUT2D eigenvalue weighted by Gasteiger charge is 2.17. The van der Waals surface area contributed by atoms with Gasteiger partial charge in [-0.2, -0.15) is 0 Å². The zero-order chi connectivity index (χ0) is 15.2. The Morgan fingerprint density at radius 1 is 1.05 bits per heavy atom. The number of rotatable bonds is 8. The van der Waals surface area contributed by atoms with Crippen LogP contribution in [0.1, 0.15) is 56.7 Å². The molecule has 20 heavy (non-hydrogen) atoms. The highest BCUT2D eigenvalue weighted by Crippen LogP contribution is 2.27. The minimum absolute atomic E-state index is 0.0585. The van der Waals surface area contributed by atoms with Gasteiger partial charge in [-0.25, -0.2) is 4.39 Å². The second kappa shape index (κ2) is 7.78. The van der Waals surface area contributed by atoms with E-state index in [-0.39, 0.29) is 5.82 Å². The first-order valence-corrected chi connectivity index (χ1v) is 7.82. The van der Waals surface area contributed by atoms with E-state index in [1.165, 1.54) is 18.4 Å². The van der Waals surface area contributed by atoms with Crippen LogP contribution in [0, 0.1) is 25.1 Å². The molecule has 0 amide bonds. The summed E-state index contributed by atoms with van der Waals surface area (Å²) in [5.74, 6) is -0.0585. The van der Waals surface area contributed by atoms with Crippen molar-refractivity contribution in [2.45, 2.75) is 60.3 Å². The molecule has 0 heterocycles. The molecule has 0 aliphatic heterocycles. The van der Waals surface area contributed by atoms with E-state index in [0.29, 0.717) is 5.41 Å². The van der Waals surface area contributed by atoms with E-state index in [9.17, 15) is 4.39 Å². The predicted molar refractivity (Wildman–Crippen MR) is 85.8 cm³/mol. The van der Waals surface area contributed by atoms with Crippen LogP contribution in [0.5, 0.6) is 0 Å². The summed E-state index contributed by atoms with van der Waals surface area (Å²) in [5.41, 5.74) is 3.12. The van der Waals surface area contributed by atoms with Crippen molar-refractivity contribution in [2.24, 2.45) is 5.41 Å². The predicted octanol–water partition coefficient (Wildman–Crippen LogP) is 4.79. The molecule has 0 saturated carbocycles. The molecule has 0 aliphatic rings. The summed E-state index contributed by atoms with van der Waals surface area (Å²) < 4.78 is 13.6. The van der Waals surface area contributed by atoms with Crippen molar-refractivity contribution in [3.05, 3.63) is 34.6 Å². The lowest BCUT2D eigenvalue weighted by Crippen LogP contribution is -2.23. The van der Waals surface area contributed by atoms with Gasteiger partial charge in [-0.3, -0.25) is 0 Å². The molecule has 0 aromatic heterocycles. The lowest BCUT2D eigenvalue weighted by molar-refractivity contribution is 0.302. The van der Waals surface area contributed by atoms with Crippen LogP contribution in [0.15, 0.2) is 12.1 Å². The molecule has 2 heteroatoms. The maximum atomic E-state index is 13.6. The molecule has 0 atom stereocenters. The molecule has 0 bridgehead atoms. The first-order chi connectivity index (χ1) is 9.35. The number of benzene rings is 1. The Morgan fingerprint density at radius 3 is 2.20 bits per heavy atom. The largest absolute Gasteiger partial charge is 0.317 e. The Balaban J connectivity index is 2.49. The third-order valence-electron chi connectivity index (χ3n) is 3.99. The summed E-state index contributed by atoms with van der Waals surface area (Å²) in [7, 11) is 0. The molecule has 0 saturated heterocycles. The third kappa shape index (κ3) is 5.62. The molecule has 1 aromatic carbocycles. The van der Waals surface area contributed by atoms with Gasteiger partial charge in [-0.1, -0.05) is 32.9 Å². The van der Waals surface area contributed by atoms with E-state index in [1.54, 1.807) is 0 Å². The number of nitrogens with one attached hydrogen (secondary N) is 1. The standard InChI is InChI=1S/C18H30FN/c1-6-10-20-11-9-18(4,5)8-7-16-12-14(2)17(19)15(3)13-16/h12-13,20H,6-11H2,1-5H3. The zero-order valence-electron chi connectivity index (χ0n) is 13.8. The number of halogens is 1. The molecule has 0 aliphatic carbocycles. The van der Waals surface area contributed by atoms with E-state index in [4.69, 9.17) is 0 Å². The van der Waals surface area contributed by atoms with Gasteiger partial charge >= 0.3 is 0 Å². The van der Waals surface area contributed by atoms with Crippen molar-refractivity contribution in [1.29, 1.82) is 0 Å². The fraction of sp³-hybridized carbons (Fsp3) is 0.667. The Kier molecular flexibility index (Phi) is 6.67. The highest BCUT2D eigenvalue weighted by atomic mass is 19.1. The minimum atomic E-state index is -0.0585. The molecule has 114 valence electrons. The maximum absolute atomic E-state index is 13.6. The average molecular weight is 279 g/mol. The highest BCUT2D eigenvalue weighted by molar-refractivity contribution is 5.30. The van der Waals surface area contributed by atoms with Crippen molar-refractivity contribution in [3.63, 3.8) is 0 Å². The van der Waals surface area contributed by atoms with E-state index < -0.39 is 0 Å². The van der Waals surface area contributed by atoms with Gasteiger partial charge in [0, 0.05) is 0 Å². The minimum Gasteiger partial charge on any atom is -0.317 e. The molecular formula is C18H30FN. The molecule has 1 rings (SSSR count). The van der Waals surface area contributed by atoms with Crippen LogP contribution in [0.4, 0.5) is 4.39 Å². The van der Waals surface area contributed by atoms with Crippen LogP contribution in [0.3, 0.4) is 0 Å². The second-order valence-electron chi connectivity index (χ2n) is 6.71. The summed E-state index contributed by atoms with van der Waals surface area (Å²) in [6.07, 6.45) is 4.55. The van der Waals surface area contributed by atoms with Gasteiger partial charge in [0.15, 0.2) is 0 Å². The molecule has 0 unspecified atom stereocenters. The van der Waals surface area contributed by atoms with Gasteiger partial charge in [-0.15, -0.1) is 0 Å². The average Bonchev–Trinajstić information content (AvgIpc) is 2.39. The van der Waals surface area contributed by atoms with Crippen molar-refractivity contribution in [2.75, 3.05) is 13.1 Å². The van der Waals surface area contributed by atoms with Crippen LogP contribution in [-0.4, -0.2) is 13.1 Å². The van der Waals surface area contributed by atoms with Crippen molar-refractivity contribution < 1.29 is 4.39 Å². The Labute approximate surface area is 124 Å². The fourth-order valence-electron chi connectivity index (χ4n) is 2.52. The number of hydrogen-bond donors (Lipinski definition) is 1. The van der Waals surface area contributed by atoms with E-state index in [1.807, 2.05) is 26.0 Å².